The van der Waals surface area contributed by atoms with E-state index in [2.05, 4.69) is 4.85 Å². The Hall–Kier alpha value is -1.82. The van der Waals surface area contributed by atoms with Crippen molar-refractivity contribution in [1.29, 1.82) is 0 Å². The minimum Gasteiger partial charge on any atom is -0.465 e. The minimum atomic E-state index is -0.448. The lowest BCUT2D eigenvalue weighted by Gasteiger charge is -2.39. The van der Waals surface area contributed by atoms with E-state index in [0.29, 0.717) is 12.3 Å². The summed E-state index contributed by atoms with van der Waals surface area (Å²) in [5.74, 6) is -0.123. The zero-order valence-electron chi connectivity index (χ0n) is 9.90. The smallest absolute Gasteiger partial charge is 0.316 e. The molecular weight excluding hydrogens is 214 g/mol. The number of nitrogens with zero attached hydrogens (tertiary/aromatic N) is 1. The van der Waals surface area contributed by atoms with E-state index >= 15 is 0 Å². The summed E-state index contributed by atoms with van der Waals surface area (Å²) in [5, 5.41) is 0. The van der Waals surface area contributed by atoms with Crippen LogP contribution < -0.4 is 0 Å². The van der Waals surface area contributed by atoms with Gasteiger partial charge in [-0.05, 0) is 25.3 Å². The molecule has 0 spiro atoms. The second kappa shape index (κ2) is 4.58. The minimum absolute atomic E-state index is 0.123. The van der Waals surface area contributed by atoms with Gasteiger partial charge in [0.1, 0.15) is 0 Å². The van der Waals surface area contributed by atoms with E-state index in [1.54, 1.807) is 12.1 Å². The first-order valence-corrected chi connectivity index (χ1v) is 5.88. The number of hydrogen-bond acceptors (Lipinski definition) is 2. The van der Waals surface area contributed by atoms with Gasteiger partial charge < -0.3 is 4.74 Å². The van der Waals surface area contributed by atoms with Crippen molar-refractivity contribution in [2.45, 2.75) is 31.6 Å². The van der Waals surface area contributed by atoms with Gasteiger partial charge in [-0.1, -0.05) is 30.7 Å². The number of carbonyl (C=O) groups is 1. The Balaban J connectivity index is 2.28. The van der Waals surface area contributed by atoms with Gasteiger partial charge in [-0.25, -0.2) is 4.85 Å². The van der Waals surface area contributed by atoms with Crippen LogP contribution in [0.2, 0.25) is 0 Å². The van der Waals surface area contributed by atoms with E-state index in [9.17, 15) is 4.79 Å². The third kappa shape index (κ3) is 1.91. The van der Waals surface area contributed by atoms with Crippen LogP contribution in [0.3, 0.4) is 0 Å². The maximum atomic E-state index is 12.0. The molecule has 1 aromatic rings. The van der Waals surface area contributed by atoms with Gasteiger partial charge >= 0.3 is 5.97 Å². The first kappa shape index (κ1) is 11.7. The molecule has 1 aliphatic carbocycles. The van der Waals surface area contributed by atoms with Crippen molar-refractivity contribution in [3.05, 3.63) is 41.2 Å². The lowest BCUT2D eigenvalue weighted by molar-refractivity contribution is -0.153. The van der Waals surface area contributed by atoms with Crippen LogP contribution >= 0.6 is 0 Å². The number of hydrogen-bond donors (Lipinski definition) is 0. The molecule has 0 aliphatic heterocycles. The first-order valence-electron chi connectivity index (χ1n) is 5.88. The highest BCUT2D eigenvalue weighted by atomic mass is 16.5. The first-order chi connectivity index (χ1) is 8.23. The number of benzene rings is 1. The van der Waals surface area contributed by atoms with E-state index < -0.39 is 5.41 Å². The van der Waals surface area contributed by atoms with E-state index in [0.717, 1.165) is 24.8 Å². The van der Waals surface area contributed by atoms with Gasteiger partial charge in [0.05, 0.1) is 18.6 Å². The quantitative estimate of drug-likeness (QED) is 0.588. The summed E-state index contributed by atoms with van der Waals surface area (Å²) in [7, 11) is 0. The van der Waals surface area contributed by atoms with Gasteiger partial charge in [0.15, 0.2) is 5.69 Å². The van der Waals surface area contributed by atoms with Crippen LogP contribution in [0.25, 0.3) is 4.85 Å². The molecule has 2 rings (SSSR count). The molecule has 0 bridgehead atoms. The standard InChI is InChI=1S/C14H15NO2/c1-3-17-13(16)14(9-4-10-14)11-5-7-12(15-2)8-6-11/h5-8H,3-4,9-10H2,1H3. The highest BCUT2D eigenvalue weighted by Gasteiger charge is 2.46. The van der Waals surface area contributed by atoms with Crippen LogP contribution in [-0.4, -0.2) is 12.6 Å². The molecule has 3 nitrogen and oxygen atoms in total. The zero-order chi connectivity index (χ0) is 12.3. The second-order valence-electron chi connectivity index (χ2n) is 4.31. The van der Waals surface area contributed by atoms with E-state index in [1.165, 1.54) is 0 Å². The predicted molar refractivity (Wildman–Crippen MR) is 64.9 cm³/mol. The van der Waals surface area contributed by atoms with Crippen molar-refractivity contribution in [3.8, 4) is 0 Å². The molecular formula is C14H15NO2. The van der Waals surface area contributed by atoms with Gasteiger partial charge in [-0.3, -0.25) is 4.79 Å². The van der Waals surface area contributed by atoms with Crippen molar-refractivity contribution in [2.24, 2.45) is 0 Å². The molecule has 0 radical (unpaired) electrons. The molecule has 3 heteroatoms. The number of rotatable bonds is 3. The Labute approximate surface area is 101 Å². The summed E-state index contributed by atoms with van der Waals surface area (Å²) < 4.78 is 5.16. The molecule has 0 amide bonds. The Kier molecular flexibility index (Phi) is 3.14. The summed E-state index contributed by atoms with van der Waals surface area (Å²) in [6.45, 7) is 9.16. The predicted octanol–water partition coefficient (Wildman–Crippen LogP) is 3.22. The van der Waals surface area contributed by atoms with Crippen molar-refractivity contribution >= 4 is 11.7 Å². The molecule has 0 heterocycles. The van der Waals surface area contributed by atoms with Gasteiger partial charge in [0, 0.05) is 0 Å². The van der Waals surface area contributed by atoms with Crippen molar-refractivity contribution < 1.29 is 9.53 Å². The Morgan fingerprint density at radius 2 is 2.06 bits per heavy atom. The van der Waals surface area contributed by atoms with Crippen LogP contribution in [0.15, 0.2) is 24.3 Å². The second-order valence-corrected chi connectivity index (χ2v) is 4.31. The van der Waals surface area contributed by atoms with Crippen molar-refractivity contribution in [2.75, 3.05) is 6.61 Å². The number of carbonyl (C=O) groups excluding carboxylic acids is 1. The van der Waals surface area contributed by atoms with Gasteiger partial charge in [-0.15, -0.1) is 0 Å². The molecule has 1 aliphatic rings. The largest absolute Gasteiger partial charge is 0.465 e. The Bertz CT molecular complexity index is 452. The molecule has 1 aromatic carbocycles. The summed E-state index contributed by atoms with van der Waals surface area (Å²) >= 11 is 0. The fourth-order valence-corrected chi connectivity index (χ4v) is 2.27. The third-order valence-corrected chi connectivity index (χ3v) is 3.42. The van der Waals surface area contributed by atoms with E-state index in [1.807, 2.05) is 19.1 Å². The fraction of sp³-hybridized carbons (Fsp3) is 0.429. The molecule has 88 valence electrons. The molecule has 17 heavy (non-hydrogen) atoms. The maximum absolute atomic E-state index is 12.0. The topological polar surface area (TPSA) is 30.7 Å². The molecule has 0 atom stereocenters. The van der Waals surface area contributed by atoms with Gasteiger partial charge in [0.25, 0.3) is 0 Å². The number of esters is 1. The van der Waals surface area contributed by atoms with E-state index in [4.69, 9.17) is 11.3 Å². The van der Waals surface area contributed by atoms with Crippen LogP contribution in [0.5, 0.6) is 0 Å². The highest BCUT2D eigenvalue weighted by Crippen LogP contribution is 2.45. The van der Waals surface area contributed by atoms with Crippen LogP contribution in [0.4, 0.5) is 5.69 Å². The SMILES string of the molecule is [C-]#[N+]c1ccc(C2(C(=O)OCC)CCC2)cc1. The maximum Gasteiger partial charge on any atom is 0.316 e. The Morgan fingerprint density at radius 1 is 1.41 bits per heavy atom. The summed E-state index contributed by atoms with van der Waals surface area (Å²) in [6, 6.07) is 7.29. The summed E-state index contributed by atoms with van der Waals surface area (Å²) in [5.41, 5.74) is 1.14. The molecule has 0 N–H and O–H groups in total. The lowest BCUT2D eigenvalue weighted by Crippen LogP contribution is -2.43. The average molecular weight is 229 g/mol. The lowest BCUT2D eigenvalue weighted by atomic mass is 9.64. The van der Waals surface area contributed by atoms with Crippen molar-refractivity contribution in [1.82, 2.24) is 0 Å². The van der Waals surface area contributed by atoms with Crippen LogP contribution in [-0.2, 0) is 14.9 Å². The fourth-order valence-electron chi connectivity index (χ4n) is 2.27. The van der Waals surface area contributed by atoms with E-state index in [-0.39, 0.29) is 5.97 Å². The summed E-state index contributed by atoms with van der Waals surface area (Å²) in [6.07, 6.45) is 2.76. The zero-order valence-corrected chi connectivity index (χ0v) is 9.90. The molecule has 0 saturated heterocycles. The van der Waals surface area contributed by atoms with Crippen LogP contribution in [0, 0.1) is 6.57 Å². The number of ether oxygens (including phenoxy) is 1. The average Bonchev–Trinajstić information content (AvgIpc) is 2.29. The van der Waals surface area contributed by atoms with Gasteiger partial charge in [0.2, 0.25) is 0 Å². The normalized spacial score (nSPS) is 16.7. The molecule has 0 unspecified atom stereocenters. The molecule has 1 saturated carbocycles. The molecule has 0 aromatic heterocycles. The monoisotopic (exact) mass is 229 g/mol. The van der Waals surface area contributed by atoms with Crippen molar-refractivity contribution in [3.63, 3.8) is 0 Å². The van der Waals surface area contributed by atoms with Crippen LogP contribution in [0.1, 0.15) is 31.7 Å². The summed E-state index contributed by atoms with van der Waals surface area (Å²) in [4.78, 5) is 15.4. The van der Waals surface area contributed by atoms with Gasteiger partial charge in [-0.2, -0.15) is 0 Å². The third-order valence-electron chi connectivity index (χ3n) is 3.42. The Morgan fingerprint density at radius 3 is 2.47 bits per heavy atom. The highest BCUT2D eigenvalue weighted by molar-refractivity contribution is 5.84. The molecule has 1 fully saturated rings.